The molecule has 0 fully saturated rings. The van der Waals surface area contributed by atoms with Crippen LogP contribution in [0, 0.1) is 0 Å². The number of urea groups is 1. The lowest BCUT2D eigenvalue weighted by Gasteiger charge is -2.30. The fourth-order valence-electron chi connectivity index (χ4n) is 2.34. The van der Waals surface area contributed by atoms with Crippen LogP contribution in [0.4, 0.5) is 4.79 Å². The van der Waals surface area contributed by atoms with Crippen molar-refractivity contribution in [1.82, 2.24) is 10.6 Å². The van der Waals surface area contributed by atoms with Crippen LogP contribution >= 0.6 is 0 Å². The van der Waals surface area contributed by atoms with Gasteiger partial charge in [0.2, 0.25) is 0 Å². The number of esters is 1. The van der Waals surface area contributed by atoms with Crippen LogP contribution in [0.15, 0.2) is 35.5 Å². The molecule has 1 unspecified atom stereocenters. The maximum absolute atomic E-state index is 12.5. The minimum absolute atomic E-state index is 0.351. The van der Waals surface area contributed by atoms with Gasteiger partial charge in [-0.25, -0.2) is 9.59 Å². The summed E-state index contributed by atoms with van der Waals surface area (Å²) >= 11 is 0. The van der Waals surface area contributed by atoms with E-state index in [1.165, 1.54) is 0 Å². The van der Waals surface area contributed by atoms with E-state index in [4.69, 9.17) is 9.47 Å². The summed E-state index contributed by atoms with van der Waals surface area (Å²) in [5.74, 6) is 0.247. The second-order valence-corrected chi connectivity index (χ2v) is 6.35. The Morgan fingerprint density at radius 2 is 1.78 bits per heavy atom. The molecule has 0 saturated heterocycles. The quantitative estimate of drug-likeness (QED) is 0.840. The van der Waals surface area contributed by atoms with Crippen molar-refractivity contribution < 1.29 is 19.1 Å². The molecule has 1 aromatic rings. The van der Waals surface area contributed by atoms with E-state index < -0.39 is 17.6 Å². The normalized spacial score (nSPS) is 18.1. The molecule has 2 N–H and O–H groups in total. The highest BCUT2D eigenvalue weighted by Gasteiger charge is 2.33. The largest absolute Gasteiger partial charge is 0.497 e. The lowest BCUT2D eigenvalue weighted by molar-refractivity contribution is -0.150. The van der Waals surface area contributed by atoms with Gasteiger partial charge in [0.05, 0.1) is 18.7 Å². The third-order valence-electron chi connectivity index (χ3n) is 3.34. The average molecular weight is 318 g/mol. The smallest absolute Gasteiger partial charge is 0.338 e. The Balaban J connectivity index is 2.39. The van der Waals surface area contributed by atoms with Crippen LogP contribution in [0.25, 0.3) is 0 Å². The Bertz CT molecular complexity index is 642. The summed E-state index contributed by atoms with van der Waals surface area (Å²) in [5, 5.41) is 5.39. The van der Waals surface area contributed by atoms with Gasteiger partial charge in [-0.1, -0.05) is 12.1 Å². The molecule has 124 valence electrons. The van der Waals surface area contributed by atoms with E-state index in [2.05, 4.69) is 10.6 Å². The number of amides is 2. The molecule has 0 bridgehead atoms. The monoisotopic (exact) mass is 318 g/mol. The predicted molar refractivity (Wildman–Crippen MR) is 85.9 cm³/mol. The highest BCUT2D eigenvalue weighted by Crippen LogP contribution is 2.29. The number of nitrogens with one attached hydrogen (secondary N) is 2. The fraction of sp³-hybridized carbons (Fsp3) is 0.412. The Hall–Kier alpha value is -2.50. The van der Waals surface area contributed by atoms with Crippen LogP contribution in [-0.2, 0) is 9.53 Å². The fourth-order valence-corrected chi connectivity index (χ4v) is 2.34. The zero-order valence-corrected chi connectivity index (χ0v) is 14.0. The zero-order valence-electron chi connectivity index (χ0n) is 14.0. The Morgan fingerprint density at radius 3 is 2.30 bits per heavy atom. The number of rotatable bonds is 3. The SMILES string of the molecule is COc1ccc(C2NC(=O)NC(C)=C2C(=O)OC(C)(C)C)cc1. The van der Waals surface area contributed by atoms with E-state index in [1.54, 1.807) is 46.9 Å². The third kappa shape index (κ3) is 4.03. The second kappa shape index (κ2) is 6.32. The molecular formula is C17H22N2O4. The summed E-state index contributed by atoms with van der Waals surface area (Å²) in [6, 6.07) is 6.27. The molecule has 0 aliphatic carbocycles. The van der Waals surface area contributed by atoms with Crippen molar-refractivity contribution >= 4 is 12.0 Å². The number of carbonyl (C=O) groups is 2. The van der Waals surface area contributed by atoms with E-state index >= 15 is 0 Å². The van der Waals surface area contributed by atoms with Crippen molar-refractivity contribution in [2.24, 2.45) is 0 Å². The number of carbonyl (C=O) groups excluding carboxylic acids is 2. The van der Waals surface area contributed by atoms with Crippen LogP contribution in [0.5, 0.6) is 5.75 Å². The van der Waals surface area contributed by atoms with Crippen LogP contribution in [0.3, 0.4) is 0 Å². The molecule has 1 aliphatic heterocycles. The lowest BCUT2D eigenvalue weighted by Crippen LogP contribution is -2.46. The van der Waals surface area contributed by atoms with Crippen molar-refractivity contribution in [2.45, 2.75) is 39.3 Å². The molecule has 6 nitrogen and oxygen atoms in total. The molecule has 23 heavy (non-hydrogen) atoms. The van der Waals surface area contributed by atoms with Gasteiger partial charge in [-0.2, -0.15) is 0 Å². The maximum atomic E-state index is 12.5. The number of hydrogen-bond acceptors (Lipinski definition) is 4. The Kier molecular flexibility index (Phi) is 4.63. The van der Waals surface area contributed by atoms with E-state index in [9.17, 15) is 9.59 Å². The van der Waals surface area contributed by atoms with Crippen LogP contribution in [-0.4, -0.2) is 24.7 Å². The highest BCUT2D eigenvalue weighted by atomic mass is 16.6. The van der Waals surface area contributed by atoms with Gasteiger partial charge in [-0.15, -0.1) is 0 Å². The molecule has 0 aromatic heterocycles. The molecular weight excluding hydrogens is 296 g/mol. The van der Waals surface area contributed by atoms with Crippen LogP contribution in [0.2, 0.25) is 0 Å². The molecule has 6 heteroatoms. The first-order chi connectivity index (χ1) is 10.7. The number of ether oxygens (including phenoxy) is 2. The molecule has 2 rings (SSSR count). The van der Waals surface area contributed by atoms with E-state index in [1.807, 2.05) is 12.1 Å². The van der Waals surface area contributed by atoms with Crippen molar-refractivity contribution in [3.05, 3.63) is 41.1 Å². The first-order valence-corrected chi connectivity index (χ1v) is 7.37. The lowest BCUT2D eigenvalue weighted by atomic mass is 9.95. The van der Waals surface area contributed by atoms with Crippen molar-refractivity contribution in [2.75, 3.05) is 7.11 Å². The number of allylic oxidation sites excluding steroid dienone is 1. The minimum atomic E-state index is -0.615. The summed E-state index contributed by atoms with van der Waals surface area (Å²) in [7, 11) is 1.58. The van der Waals surface area contributed by atoms with E-state index in [0.29, 0.717) is 17.0 Å². The molecule has 2 amide bonds. The van der Waals surface area contributed by atoms with Gasteiger partial charge < -0.3 is 20.1 Å². The number of methoxy groups -OCH3 is 1. The molecule has 1 aromatic carbocycles. The molecule has 1 heterocycles. The summed E-state index contributed by atoms with van der Waals surface area (Å²) in [6.45, 7) is 7.10. The standard InChI is InChI=1S/C17H22N2O4/c1-10-13(15(20)23-17(2,3)4)14(19-16(21)18-10)11-6-8-12(22-5)9-7-11/h6-9,14H,1-5H3,(H2,18,19,21). The second-order valence-electron chi connectivity index (χ2n) is 6.35. The van der Waals surface area contributed by atoms with Crippen molar-refractivity contribution in [1.29, 1.82) is 0 Å². The van der Waals surface area contributed by atoms with E-state index in [-0.39, 0.29) is 6.03 Å². The van der Waals surface area contributed by atoms with Gasteiger partial charge in [-0.05, 0) is 45.4 Å². The first-order valence-electron chi connectivity index (χ1n) is 7.37. The van der Waals surface area contributed by atoms with Crippen molar-refractivity contribution in [3.63, 3.8) is 0 Å². The summed E-state index contributed by atoms with van der Waals surface area (Å²) in [6.07, 6.45) is 0. The molecule has 0 spiro atoms. The van der Waals surface area contributed by atoms with Crippen LogP contribution < -0.4 is 15.4 Å². The first kappa shape index (κ1) is 16.9. The summed E-state index contributed by atoms with van der Waals surface area (Å²) < 4.78 is 10.6. The van der Waals surface area contributed by atoms with Crippen LogP contribution in [0.1, 0.15) is 39.3 Å². The maximum Gasteiger partial charge on any atom is 0.338 e. The third-order valence-corrected chi connectivity index (χ3v) is 3.34. The number of benzene rings is 1. The van der Waals surface area contributed by atoms with E-state index in [0.717, 1.165) is 5.56 Å². The summed E-state index contributed by atoms with van der Waals surface area (Å²) in [5.41, 5.74) is 1.05. The molecule has 0 saturated carbocycles. The van der Waals surface area contributed by atoms with Gasteiger partial charge in [0.1, 0.15) is 11.4 Å². The zero-order chi connectivity index (χ0) is 17.2. The number of hydrogen-bond donors (Lipinski definition) is 2. The van der Waals surface area contributed by atoms with Crippen molar-refractivity contribution in [3.8, 4) is 5.75 Å². The molecule has 1 atom stereocenters. The van der Waals surface area contributed by atoms with Gasteiger partial charge in [0.25, 0.3) is 0 Å². The molecule has 0 radical (unpaired) electrons. The average Bonchev–Trinajstić information content (AvgIpc) is 2.44. The Morgan fingerprint density at radius 1 is 1.17 bits per heavy atom. The van der Waals surface area contributed by atoms with Gasteiger partial charge in [-0.3, -0.25) is 0 Å². The summed E-state index contributed by atoms with van der Waals surface area (Å²) in [4.78, 5) is 24.3. The predicted octanol–water partition coefficient (Wildman–Crippen LogP) is 2.66. The van der Waals surface area contributed by atoms with Gasteiger partial charge >= 0.3 is 12.0 Å². The van der Waals surface area contributed by atoms with Gasteiger partial charge in [0, 0.05) is 5.70 Å². The topological polar surface area (TPSA) is 76.7 Å². The highest BCUT2D eigenvalue weighted by molar-refractivity contribution is 5.95. The minimum Gasteiger partial charge on any atom is -0.497 e. The molecule has 1 aliphatic rings. The Labute approximate surface area is 135 Å². The van der Waals surface area contributed by atoms with Gasteiger partial charge in [0.15, 0.2) is 0 Å².